The van der Waals surface area contributed by atoms with Crippen LogP contribution in [-0.4, -0.2) is 25.7 Å². The van der Waals surface area contributed by atoms with Gasteiger partial charge < -0.3 is 5.32 Å². The number of fused-ring (bicyclic) bond motifs is 1. The molecule has 1 aromatic carbocycles. The fraction of sp³-hybridized carbons (Fsp3) is 0.182. The average Bonchev–Trinajstić information content (AvgIpc) is 3.06. The summed E-state index contributed by atoms with van der Waals surface area (Å²) in [4.78, 5) is 22.2. The molecule has 4 aromatic rings. The van der Waals surface area contributed by atoms with Crippen LogP contribution in [0.4, 0.5) is 0 Å². The zero-order chi connectivity index (χ0) is 19.7. The molecule has 0 radical (unpaired) electrons. The first kappa shape index (κ1) is 17.9. The molecule has 140 valence electrons. The van der Waals surface area contributed by atoms with Crippen LogP contribution in [0.15, 0.2) is 60.9 Å². The maximum atomic E-state index is 13.2. The molecule has 0 aliphatic heterocycles. The van der Waals surface area contributed by atoms with E-state index in [-0.39, 0.29) is 11.9 Å². The van der Waals surface area contributed by atoms with Crippen molar-refractivity contribution in [2.24, 2.45) is 7.05 Å². The lowest BCUT2D eigenvalue weighted by Crippen LogP contribution is -2.27. The summed E-state index contributed by atoms with van der Waals surface area (Å²) in [6.07, 6.45) is 3.52. The molecule has 0 spiro atoms. The van der Waals surface area contributed by atoms with Crippen LogP contribution >= 0.6 is 0 Å². The fourth-order valence-corrected chi connectivity index (χ4v) is 3.30. The van der Waals surface area contributed by atoms with E-state index in [1.807, 2.05) is 69.4 Å². The summed E-state index contributed by atoms with van der Waals surface area (Å²) in [7, 11) is 1.89. The molecule has 0 aliphatic rings. The zero-order valence-electron chi connectivity index (χ0n) is 16.0. The van der Waals surface area contributed by atoms with Crippen LogP contribution in [0.5, 0.6) is 0 Å². The molecule has 1 unspecified atom stereocenters. The Bertz CT molecular complexity index is 1150. The van der Waals surface area contributed by atoms with E-state index in [1.165, 1.54) is 0 Å². The first-order valence-electron chi connectivity index (χ1n) is 9.15. The summed E-state index contributed by atoms with van der Waals surface area (Å²) in [6, 6.07) is 15.0. The van der Waals surface area contributed by atoms with Gasteiger partial charge in [0, 0.05) is 29.9 Å². The fourth-order valence-electron chi connectivity index (χ4n) is 3.30. The SMILES string of the molecule is Cc1c(C(C)NC(=O)c2cc(-c3ccccn3)nc3ccccc23)cnn1C. The van der Waals surface area contributed by atoms with Gasteiger partial charge in [-0.25, -0.2) is 4.98 Å². The molecule has 3 heterocycles. The van der Waals surface area contributed by atoms with Gasteiger partial charge in [0.15, 0.2) is 0 Å². The molecule has 1 N–H and O–H groups in total. The second-order valence-corrected chi connectivity index (χ2v) is 6.79. The standard InChI is InChI=1S/C22H21N5O/c1-14(18-13-24-27(3)15(18)2)25-22(28)17-12-21(20-10-6-7-11-23-20)26-19-9-5-4-8-16(17)19/h4-14H,1-3H3,(H,25,28). The Hall–Kier alpha value is -3.54. The van der Waals surface area contributed by atoms with Gasteiger partial charge in [0.25, 0.3) is 5.91 Å². The molecule has 1 atom stereocenters. The number of carbonyl (C=O) groups excluding carboxylic acids is 1. The minimum absolute atomic E-state index is 0.147. The summed E-state index contributed by atoms with van der Waals surface area (Å²) >= 11 is 0. The van der Waals surface area contributed by atoms with Crippen molar-refractivity contribution in [3.8, 4) is 11.4 Å². The van der Waals surface area contributed by atoms with Crippen molar-refractivity contribution >= 4 is 16.8 Å². The smallest absolute Gasteiger partial charge is 0.252 e. The summed E-state index contributed by atoms with van der Waals surface area (Å²) in [6.45, 7) is 3.96. The normalized spacial score (nSPS) is 12.1. The van der Waals surface area contributed by atoms with Gasteiger partial charge >= 0.3 is 0 Å². The Balaban J connectivity index is 1.74. The van der Waals surface area contributed by atoms with Gasteiger partial charge in [-0.3, -0.25) is 14.5 Å². The average molecular weight is 371 g/mol. The summed E-state index contributed by atoms with van der Waals surface area (Å²) in [5.41, 5.74) is 4.79. The van der Waals surface area contributed by atoms with Gasteiger partial charge in [0.1, 0.15) is 0 Å². The van der Waals surface area contributed by atoms with E-state index in [1.54, 1.807) is 17.1 Å². The lowest BCUT2D eigenvalue weighted by Gasteiger charge is -2.15. The Morgan fingerprint density at radius 3 is 2.61 bits per heavy atom. The number of pyridine rings is 2. The van der Waals surface area contributed by atoms with E-state index < -0.39 is 0 Å². The van der Waals surface area contributed by atoms with Crippen LogP contribution in [-0.2, 0) is 7.05 Å². The minimum atomic E-state index is -0.161. The third kappa shape index (κ3) is 3.24. The Kier molecular flexibility index (Phi) is 4.61. The number of nitrogens with zero attached hydrogens (tertiary/aromatic N) is 4. The molecule has 0 saturated carbocycles. The maximum Gasteiger partial charge on any atom is 0.252 e. The van der Waals surface area contributed by atoms with Crippen LogP contribution in [0.3, 0.4) is 0 Å². The number of nitrogens with one attached hydrogen (secondary N) is 1. The van der Waals surface area contributed by atoms with Gasteiger partial charge in [-0.1, -0.05) is 24.3 Å². The highest BCUT2D eigenvalue weighted by atomic mass is 16.1. The van der Waals surface area contributed by atoms with Crippen LogP contribution in [0.25, 0.3) is 22.3 Å². The van der Waals surface area contributed by atoms with Gasteiger partial charge in [0.05, 0.1) is 34.7 Å². The highest BCUT2D eigenvalue weighted by Crippen LogP contribution is 2.25. The second kappa shape index (κ2) is 7.23. The van der Waals surface area contributed by atoms with Crippen LogP contribution in [0.1, 0.15) is 34.6 Å². The molecule has 6 nitrogen and oxygen atoms in total. The monoisotopic (exact) mass is 371 g/mol. The van der Waals surface area contributed by atoms with Crippen LogP contribution < -0.4 is 5.32 Å². The highest BCUT2D eigenvalue weighted by molar-refractivity contribution is 6.07. The maximum absolute atomic E-state index is 13.2. The quantitative estimate of drug-likeness (QED) is 0.592. The number of carbonyl (C=O) groups is 1. The molecule has 0 bridgehead atoms. The van der Waals surface area contributed by atoms with Gasteiger partial charge in [-0.15, -0.1) is 0 Å². The third-order valence-electron chi connectivity index (χ3n) is 4.98. The van der Waals surface area contributed by atoms with Crippen molar-refractivity contribution in [1.82, 2.24) is 25.1 Å². The van der Waals surface area contributed by atoms with E-state index in [9.17, 15) is 4.79 Å². The van der Waals surface area contributed by atoms with Gasteiger partial charge in [-0.2, -0.15) is 5.10 Å². The second-order valence-electron chi connectivity index (χ2n) is 6.79. The highest BCUT2D eigenvalue weighted by Gasteiger charge is 2.19. The number of aromatic nitrogens is 4. The minimum Gasteiger partial charge on any atom is -0.345 e. The third-order valence-corrected chi connectivity index (χ3v) is 4.98. The Morgan fingerprint density at radius 1 is 1.11 bits per heavy atom. The number of hydrogen-bond acceptors (Lipinski definition) is 4. The summed E-state index contributed by atoms with van der Waals surface area (Å²) in [5, 5.41) is 8.18. The van der Waals surface area contributed by atoms with E-state index in [0.717, 1.165) is 27.9 Å². The molecule has 0 aliphatic carbocycles. The number of para-hydroxylation sites is 1. The molecule has 1 amide bonds. The van der Waals surface area contributed by atoms with E-state index in [2.05, 4.69) is 20.4 Å². The number of aryl methyl sites for hydroxylation is 1. The van der Waals surface area contributed by atoms with Gasteiger partial charge in [0.2, 0.25) is 0 Å². The lowest BCUT2D eigenvalue weighted by molar-refractivity contribution is 0.0941. The van der Waals surface area contributed by atoms with Crippen molar-refractivity contribution in [2.75, 3.05) is 0 Å². The molecule has 6 heteroatoms. The van der Waals surface area contributed by atoms with Crippen LogP contribution in [0, 0.1) is 6.92 Å². The van der Waals surface area contributed by atoms with Crippen molar-refractivity contribution in [3.05, 3.63) is 77.7 Å². The number of hydrogen-bond donors (Lipinski definition) is 1. The molecule has 0 fully saturated rings. The summed E-state index contributed by atoms with van der Waals surface area (Å²) < 4.78 is 1.80. The van der Waals surface area contributed by atoms with E-state index in [0.29, 0.717) is 11.3 Å². The topological polar surface area (TPSA) is 72.7 Å². The number of benzene rings is 1. The van der Waals surface area contributed by atoms with E-state index in [4.69, 9.17) is 0 Å². The largest absolute Gasteiger partial charge is 0.345 e. The lowest BCUT2D eigenvalue weighted by atomic mass is 10.0. The van der Waals surface area contributed by atoms with Crippen molar-refractivity contribution in [3.63, 3.8) is 0 Å². The van der Waals surface area contributed by atoms with Crippen molar-refractivity contribution in [1.29, 1.82) is 0 Å². The van der Waals surface area contributed by atoms with Crippen LogP contribution in [0.2, 0.25) is 0 Å². The first-order valence-corrected chi connectivity index (χ1v) is 9.15. The molecule has 28 heavy (non-hydrogen) atoms. The van der Waals surface area contributed by atoms with Crippen molar-refractivity contribution < 1.29 is 4.79 Å². The molecule has 4 rings (SSSR count). The van der Waals surface area contributed by atoms with E-state index >= 15 is 0 Å². The number of rotatable bonds is 4. The predicted molar refractivity (Wildman–Crippen MR) is 109 cm³/mol. The summed E-state index contributed by atoms with van der Waals surface area (Å²) in [5.74, 6) is -0.147. The molecular weight excluding hydrogens is 350 g/mol. The predicted octanol–water partition coefficient (Wildman–Crippen LogP) is 3.83. The zero-order valence-corrected chi connectivity index (χ0v) is 16.0. The Labute approximate surface area is 163 Å². The molecular formula is C22H21N5O. The molecule has 0 saturated heterocycles. The Morgan fingerprint density at radius 2 is 1.89 bits per heavy atom. The molecule has 3 aromatic heterocycles. The number of amides is 1. The van der Waals surface area contributed by atoms with Gasteiger partial charge in [-0.05, 0) is 38.1 Å². The first-order chi connectivity index (χ1) is 13.5. The van der Waals surface area contributed by atoms with Crippen molar-refractivity contribution in [2.45, 2.75) is 19.9 Å².